The van der Waals surface area contributed by atoms with Crippen LogP contribution in [0.1, 0.15) is 37.3 Å². The van der Waals surface area contributed by atoms with Crippen molar-refractivity contribution in [1.29, 1.82) is 0 Å². The lowest BCUT2D eigenvalue weighted by molar-refractivity contribution is 0.144. The summed E-state index contributed by atoms with van der Waals surface area (Å²) in [7, 11) is 0. The van der Waals surface area contributed by atoms with Crippen molar-refractivity contribution < 1.29 is 4.74 Å². The molecule has 0 amide bonds. The highest BCUT2D eigenvalue weighted by Crippen LogP contribution is 2.50. The van der Waals surface area contributed by atoms with E-state index < -0.39 is 0 Å². The van der Waals surface area contributed by atoms with E-state index in [9.17, 15) is 0 Å². The molecular formula is C16H21ClO. The number of hydrogen-bond donors (Lipinski definition) is 0. The van der Waals surface area contributed by atoms with Crippen molar-refractivity contribution in [3.05, 3.63) is 29.3 Å². The van der Waals surface area contributed by atoms with Crippen LogP contribution in [-0.4, -0.2) is 12.0 Å². The van der Waals surface area contributed by atoms with E-state index in [0.29, 0.717) is 6.10 Å². The molecule has 1 nitrogen and oxygen atoms in total. The van der Waals surface area contributed by atoms with Crippen molar-refractivity contribution in [3.8, 4) is 5.75 Å². The third-order valence-corrected chi connectivity index (χ3v) is 5.13. The van der Waals surface area contributed by atoms with Gasteiger partial charge in [0.15, 0.2) is 0 Å². The van der Waals surface area contributed by atoms with Gasteiger partial charge in [-0.25, -0.2) is 0 Å². The molecule has 1 fully saturated rings. The average Bonchev–Trinajstić information content (AvgIpc) is 3.12. The molecular weight excluding hydrogens is 244 g/mol. The third kappa shape index (κ3) is 2.25. The lowest BCUT2D eigenvalue weighted by Gasteiger charge is -2.29. The number of fused-ring (bicyclic) bond motifs is 1. The summed E-state index contributed by atoms with van der Waals surface area (Å²) in [4.78, 5) is 0. The van der Waals surface area contributed by atoms with Crippen LogP contribution in [0, 0.1) is 18.3 Å². The molecule has 1 heterocycles. The highest BCUT2D eigenvalue weighted by atomic mass is 35.5. The zero-order valence-corrected chi connectivity index (χ0v) is 12.0. The summed E-state index contributed by atoms with van der Waals surface area (Å²) < 4.78 is 6.08. The number of aryl methyl sites for hydroxylation is 1. The van der Waals surface area contributed by atoms with E-state index in [1.165, 1.54) is 24.0 Å². The lowest BCUT2D eigenvalue weighted by atomic mass is 9.80. The van der Waals surface area contributed by atoms with Crippen LogP contribution in [0.15, 0.2) is 18.2 Å². The maximum Gasteiger partial charge on any atom is 0.123 e. The molecule has 0 spiro atoms. The minimum absolute atomic E-state index is 0.267. The highest BCUT2D eigenvalue weighted by molar-refractivity contribution is 6.18. The van der Waals surface area contributed by atoms with Gasteiger partial charge < -0.3 is 4.74 Å². The van der Waals surface area contributed by atoms with Gasteiger partial charge in [-0.05, 0) is 49.1 Å². The number of halogens is 1. The van der Waals surface area contributed by atoms with Crippen molar-refractivity contribution >= 4 is 11.6 Å². The van der Waals surface area contributed by atoms with Gasteiger partial charge in [0, 0.05) is 12.3 Å². The Morgan fingerprint density at radius 1 is 1.39 bits per heavy atom. The van der Waals surface area contributed by atoms with Gasteiger partial charge in [-0.15, -0.1) is 11.6 Å². The molecule has 98 valence electrons. The SMILES string of the molecule is Cc1ccc2c(c1)CC(CC(C)(CCl)C1CC1)O2. The molecule has 0 radical (unpaired) electrons. The molecule has 0 aromatic heterocycles. The minimum Gasteiger partial charge on any atom is -0.490 e. The highest BCUT2D eigenvalue weighted by Gasteiger charge is 2.43. The first-order valence-electron chi connectivity index (χ1n) is 6.93. The maximum atomic E-state index is 6.20. The van der Waals surface area contributed by atoms with Crippen LogP contribution in [0.5, 0.6) is 5.75 Å². The number of hydrogen-bond acceptors (Lipinski definition) is 1. The van der Waals surface area contributed by atoms with Crippen molar-refractivity contribution in [3.63, 3.8) is 0 Å². The normalized spacial score (nSPS) is 25.4. The van der Waals surface area contributed by atoms with Gasteiger partial charge >= 0.3 is 0 Å². The van der Waals surface area contributed by atoms with Gasteiger partial charge in [-0.2, -0.15) is 0 Å². The Hall–Kier alpha value is -0.690. The van der Waals surface area contributed by atoms with Gasteiger partial charge in [0.25, 0.3) is 0 Å². The Kier molecular flexibility index (Phi) is 3.05. The van der Waals surface area contributed by atoms with E-state index in [1.807, 2.05) is 0 Å². The molecule has 2 atom stereocenters. The molecule has 3 rings (SSSR count). The van der Waals surface area contributed by atoms with Gasteiger partial charge in [-0.1, -0.05) is 24.6 Å². The zero-order valence-electron chi connectivity index (χ0n) is 11.2. The molecule has 1 saturated carbocycles. The standard InChI is InChI=1S/C16H21ClO/c1-11-3-6-15-12(7-11)8-14(18-15)9-16(2,10-17)13-4-5-13/h3,6-7,13-14H,4-5,8-10H2,1-2H3. The predicted octanol–water partition coefficient (Wildman–Crippen LogP) is 4.34. The first-order chi connectivity index (χ1) is 8.60. The van der Waals surface area contributed by atoms with Gasteiger partial charge in [0.05, 0.1) is 0 Å². The Bertz CT molecular complexity index is 452. The summed E-state index contributed by atoms with van der Waals surface area (Å²) in [5.41, 5.74) is 2.96. The van der Waals surface area contributed by atoms with Crippen LogP contribution in [0.3, 0.4) is 0 Å². The topological polar surface area (TPSA) is 9.23 Å². The Morgan fingerprint density at radius 2 is 2.17 bits per heavy atom. The van der Waals surface area contributed by atoms with E-state index in [1.54, 1.807) is 0 Å². The van der Waals surface area contributed by atoms with E-state index in [2.05, 4.69) is 32.0 Å². The number of ether oxygens (including phenoxy) is 1. The van der Waals surface area contributed by atoms with Crippen LogP contribution in [0.25, 0.3) is 0 Å². The van der Waals surface area contributed by atoms with Gasteiger partial charge in [-0.3, -0.25) is 0 Å². The monoisotopic (exact) mass is 264 g/mol. The summed E-state index contributed by atoms with van der Waals surface area (Å²) >= 11 is 6.20. The molecule has 0 saturated heterocycles. The quantitative estimate of drug-likeness (QED) is 0.735. The summed E-state index contributed by atoms with van der Waals surface area (Å²) in [5, 5.41) is 0. The Labute approximate surface area is 114 Å². The fourth-order valence-electron chi connectivity index (χ4n) is 3.19. The van der Waals surface area contributed by atoms with E-state index >= 15 is 0 Å². The number of rotatable bonds is 4. The summed E-state index contributed by atoms with van der Waals surface area (Å²) in [6, 6.07) is 6.49. The second kappa shape index (κ2) is 4.45. The first kappa shape index (κ1) is 12.3. The van der Waals surface area contributed by atoms with Crippen molar-refractivity contribution in [1.82, 2.24) is 0 Å². The minimum atomic E-state index is 0.267. The van der Waals surface area contributed by atoms with Crippen LogP contribution in [0.4, 0.5) is 0 Å². The first-order valence-corrected chi connectivity index (χ1v) is 7.46. The van der Waals surface area contributed by atoms with Crippen LogP contribution in [-0.2, 0) is 6.42 Å². The fourth-order valence-corrected chi connectivity index (χ4v) is 3.52. The molecule has 18 heavy (non-hydrogen) atoms. The van der Waals surface area contributed by atoms with Crippen molar-refractivity contribution in [2.45, 2.75) is 45.6 Å². The maximum absolute atomic E-state index is 6.20. The molecule has 1 aliphatic heterocycles. The predicted molar refractivity (Wildman–Crippen MR) is 75.5 cm³/mol. The summed E-state index contributed by atoms with van der Waals surface area (Å²) in [6.45, 7) is 4.47. The second-order valence-corrected chi connectivity index (χ2v) is 6.59. The van der Waals surface area contributed by atoms with Crippen LogP contribution >= 0.6 is 11.6 Å². The fraction of sp³-hybridized carbons (Fsp3) is 0.625. The summed E-state index contributed by atoms with van der Waals surface area (Å²) in [5.74, 6) is 2.66. The van der Waals surface area contributed by atoms with Crippen LogP contribution in [0.2, 0.25) is 0 Å². The molecule has 1 aromatic carbocycles. The van der Waals surface area contributed by atoms with E-state index in [0.717, 1.165) is 30.4 Å². The van der Waals surface area contributed by atoms with Gasteiger partial charge in [0.1, 0.15) is 11.9 Å². The van der Waals surface area contributed by atoms with Gasteiger partial charge in [0.2, 0.25) is 0 Å². The molecule has 0 N–H and O–H groups in total. The number of alkyl halides is 1. The smallest absolute Gasteiger partial charge is 0.123 e. The zero-order chi connectivity index (χ0) is 12.8. The summed E-state index contributed by atoms with van der Waals surface area (Å²) in [6.07, 6.45) is 5.17. The van der Waals surface area contributed by atoms with E-state index in [4.69, 9.17) is 16.3 Å². The number of benzene rings is 1. The second-order valence-electron chi connectivity index (χ2n) is 6.32. The Morgan fingerprint density at radius 3 is 2.83 bits per heavy atom. The lowest BCUT2D eigenvalue weighted by Crippen LogP contribution is -2.29. The van der Waals surface area contributed by atoms with Crippen molar-refractivity contribution in [2.24, 2.45) is 11.3 Å². The largest absolute Gasteiger partial charge is 0.490 e. The molecule has 2 heteroatoms. The van der Waals surface area contributed by atoms with Crippen molar-refractivity contribution in [2.75, 3.05) is 5.88 Å². The Balaban J connectivity index is 1.70. The molecule has 2 unspecified atom stereocenters. The molecule has 1 aromatic rings. The molecule has 1 aliphatic carbocycles. The molecule has 2 aliphatic rings. The third-order valence-electron chi connectivity index (χ3n) is 4.52. The van der Waals surface area contributed by atoms with E-state index in [-0.39, 0.29) is 5.41 Å². The van der Waals surface area contributed by atoms with Crippen LogP contribution < -0.4 is 4.74 Å². The average molecular weight is 265 g/mol. The molecule has 0 bridgehead atoms.